The van der Waals surface area contributed by atoms with Gasteiger partial charge in [0.1, 0.15) is 5.82 Å². The monoisotopic (exact) mass is 424 g/mol. The first-order chi connectivity index (χ1) is 12.4. The molecule has 2 rings (SSSR count). The number of nitrogens with two attached hydrogens (primary N) is 1. The van der Waals surface area contributed by atoms with E-state index in [1.54, 1.807) is 0 Å². The highest BCUT2D eigenvalue weighted by Gasteiger charge is 2.50. The molecule has 27 heavy (non-hydrogen) atoms. The Hall–Kier alpha value is -2.37. The predicted octanol–water partition coefficient (Wildman–Crippen LogP) is 3.84. The number of alkyl halides is 3. The Bertz CT molecular complexity index is 980. The van der Waals surface area contributed by atoms with Gasteiger partial charge in [0.2, 0.25) is 0 Å². The number of halogens is 5. The number of hydrazone groups is 1. The van der Waals surface area contributed by atoms with Gasteiger partial charge in [-0.15, -0.1) is 0 Å². The molecule has 0 saturated heterocycles. The molecule has 2 aromatic rings. The largest absolute Gasteiger partial charge is 0.518 e. The zero-order chi connectivity index (χ0) is 20.4. The molecule has 12 heteroatoms. The van der Waals surface area contributed by atoms with Crippen molar-refractivity contribution in [1.82, 2.24) is 0 Å². The van der Waals surface area contributed by atoms with Gasteiger partial charge in [-0.25, -0.2) is 10.2 Å². The van der Waals surface area contributed by atoms with Crippen LogP contribution in [0.3, 0.4) is 0 Å². The lowest BCUT2D eigenvalue weighted by Gasteiger charge is -2.22. The second-order valence-electron chi connectivity index (χ2n) is 5.23. The standard InChI is InChI=1S/C15H13ClF4N4O2S/c1-9(22-23-12-4-2-3-11(17)8-12)13-7-10(16)5-6-14(13)24(21)27(25,26)15(18,19)20/h2-8,23H,21H2,1H3/b22-9+. The second-order valence-corrected chi connectivity index (χ2v) is 7.47. The van der Waals surface area contributed by atoms with E-state index in [0.29, 0.717) is 0 Å². The summed E-state index contributed by atoms with van der Waals surface area (Å²) in [5.74, 6) is 4.70. The summed E-state index contributed by atoms with van der Waals surface area (Å²) in [6.45, 7) is 1.38. The molecular formula is C15H13ClF4N4O2S. The lowest BCUT2D eigenvalue weighted by Crippen LogP contribution is -2.46. The van der Waals surface area contributed by atoms with Crippen LogP contribution in [-0.2, 0) is 10.0 Å². The summed E-state index contributed by atoms with van der Waals surface area (Å²) in [7, 11) is -5.83. The van der Waals surface area contributed by atoms with Gasteiger partial charge in [-0.1, -0.05) is 17.7 Å². The summed E-state index contributed by atoms with van der Waals surface area (Å²) in [4.78, 5) is 0. The maximum absolute atomic E-state index is 13.2. The van der Waals surface area contributed by atoms with E-state index in [4.69, 9.17) is 17.4 Å². The first kappa shape index (κ1) is 20.9. The number of hydrogen-bond donors (Lipinski definition) is 2. The molecule has 0 atom stereocenters. The molecule has 2 aromatic carbocycles. The van der Waals surface area contributed by atoms with E-state index in [0.717, 1.165) is 12.1 Å². The van der Waals surface area contributed by atoms with Crippen molar-refractivity contribution in [3.05, 3.63) is 58.9 Å². The van der Waals surface area contributed by atoms with Crippen molar-refractivity contribution in [3.8, 4) is 0 Å². The Balaban J connectivity index is 2.45. The molecule has 0 aliphatic rings. The lowest BCUT2D eigenvalue weighted by molar-refractivity contribution is -0.0438. The highest BCUT2D eigenvalue weighted by Crippen LogP contribution is 2.32. The third-order valence-corrected chi connectivity index (χ3v) is 4.85. The maximum atomic E-state index is 13.2. The Labute approximate surface area is 157 Å². The molecule has 0 heterocycles. The van der Waals surface area contributed by atoms with Crippen LogP contribution in [0.15, 0.2) is 47.6 Å². The molecule has 6 nitrogen and oxygen atoms in total. The van der Waals surface area contributed by atoms with E-state index in [-0.39, 0.29) is 26.4 Å². The van der Waals surface area contributed by atoms with Crippen LogP contribution in [0.4, 0.5) is 28.9 Å². The quantitative estimate of drug-likeness (QED) is 0.330. The first-order valence-corrected chi connectivity index (χ1v) is 8.97. The molecule has 0 amide bonds. The van der Waals surface area contributed by atoms with Crippen molar-refractivity contribution in [2.24, 2.45) is 10.9 Å². The SMILES string of the molecule is C/C(=N\Nc1cccc(F)c1)c1cc(Cl)ccc1N(N)S(=O)(=O)C(F)(F)F. The lowest BCUT2D eigenvalue weighted by atomic mass is 10.1. The van der Waals surface area contributed by atoms with Gasteiger partial charge >= 0.3 is 15.5 Å². The van der Waals surface area contributed by atoms with Crippen LogP contribution >= 0.6 is 11.6 Å². The molecule has 146 valence electrons. The number of rotatable bonds is 5. The van der Waals surface area contributed by atoms with Gasteiger partial charge in [-0.3, -0.25) is 5.43 Å². The van der Waals surface area contributed by atoms with Crippen LogP contribution in [0, 0.1) is 5.82 Å². The number of nitrogens with zero attached hydrogens (tertiary/aromatic N) is 2. The summed E-state index contributed by atoms with van der Waals surface area (Å²) < 4.78 is 74.3. The van der Waals surface area contributed by atoms with E-state index in [1.807, 2.05) is 0 Å². The average Bonchev–Trinajstić information content (AvgIpc) is 2.58. The van der Waals surface area contributed by atoms with E-state index in [9.17, 15) is 26.0 Å². The maximum Gasteiger partial charge on any atom is 0.518 e. The summed E-state index contributed by atoms with van der Waals surface area (Å²) in [5.41, 5.74) is -3.31. The number of benzene rings is 2. The average molecular weight is 425 g/mol. The Morgan fingerprint density at radius 2 is 1.89 bits per heavy atom. The van der Waals surface area contributed by atoms with Crippen molar-refractivity contribution in [2.45, 2.75) is 12.4 Å². The minimum absolute atomic E-state index is 0.0598. The van der Waals surface area contributed by atoms with Crippen LogP contribution in [-0.4, -0.2) is 19.6 Å². The van der Waals surface area contributed by atoms with Crippen molar-refractivity contribution < 1.29 is 26.0 Å². The summed E-state index contributed by atoms with van der Waals surface area (Å²) in [6, 6.07) is 8.67. The Kier molecular flexibility index (Phi) is 5.97. The highest BCUT2D eigenvalue weighted by molar-refractivity contribution is 7.93. The number of hydrogen-bond acceptors (Lipinski definition) is 5. The number of anilines is 2. The highest BCUT2D eigenvalue weighted by atomic mass is 35.5. The molecular weight excluding hydrogens is 412 g/mol. The molecule has 0 bridgehead atoms. The van der Waals surface area contributed by atoms with Crippen LogP contribution in [0.1, 0.15) is 12.5 Å². The molecule has 0 saturated carbocycles. The molecule has 3 N–H and O–H groups in total. The van der Waals surface area contributed by atoms with Gasteiger partial charge in [0.15, 0.2) is 0 Å². The predicted molar refractivity (Wildman–Crippen MR) is 95.3 cm³/mol. The van der Waals surface area contributed by atoms with Gasteiger partial charge < -0.3 is 0 Å². The fourth-order valence-corrected chi connectivity index (χ4v) is 2.81. The molecule has 0 spiro atoms. The molecule has 0 radical (unpaired) electrons. The first-order valence-electron chi connectivity index (χ1n) is 7.15. The van der Waals surface area contributed by atoms with Crippen LogP contribution < -0.4 is 15.7 Å². The van der Waals surface area contributed by atoms with Crippen molar-refractivity contribution >= 4 is 38.7 Å². The topological polar surface area (TPSA) is 87.8 Å². The minimum atomic E-state index is -5.83. The van der Waals surface area contributed by atoms with Crippen molar-refractivity contribution in [3.63, 3.8) is 0 Å². The molecule has 0 aromatic heterocycles. The third kappa shape index (κ3) is 4.67. The van der Waals surface area contributed by atoms with Crippen LogP contribution in [0.2, 0.25) is 5.02 Å². The van der Waals surface area contributed by atoms with Gasteiger partial charge in [0, 0.05) is 10.6 Å². The zero-order valence-electron chi connectivity index (χ0n) is 13.6. The number of hydrazine groups is 1. The van der Waals surface area contributed by atoms with E-state index >= 15 is 0 Å². The molecule has 0 unspecified atom stereocenters. The summed E-state index contributed by atoms with van der Waals surface area (Å²) >= 11 is 5.85. The second kappa shape index (κ2) is 7.71. The van der Waals surface area contributed by atoms with Gasteiger partial charge in [0.05, 0.1) is 17.1 Å². The van der Waals surface area contributed by atoms with Gasteiger partial charge in [0.25, 0.3) is 0 Å². The number of sulfonamides is 1. The molecule has 0 aliphatic carbocycles. The Morgan fingerprint density at radius 3 is 2.48 bits per heavy atom. The van der Waals surface area contributed by atoms with Crippen molar-refractivity contribution in [1.29, 1.82) is 0 Å². The fourth-order valence-electron chi connectivity index (χ4n) is 2.00. The van der Waals surface area contributed by atoms with Crippen LogP contribution in [0.25, 0.3) is 0 Å². The van der Waals surface area contributed by atoms with Gasteiger partial charge in [-0.05, 0) is 43.3 Å². The summed E-state index contributed by atoms with van der Waals surface area (Å²) in [5, 5.41) is 4.03. The van der Waals surface area contributed by atoms with E-state index in [2.05, 4.69) is 10.5 Å². The molecule has 0 aliphatic heterocycles. The minimum Gasteiger partial charge on any atom is -0.278 e. The third-order valence-electron chi connectivity index (χ3n) is 3.31. The summed E-state index contributed by atoms with van der Waals surface area (Å²) in [6.07, 6.45) is 0. The van der Waals surface area contributed by atoms with E-state index < -0.39 is 27.0 Å². The molecule has 0 fully saturated rings. The van der Waals surface area contributed by atoms with E-state index in [1.165, 1.54) is 37.3 Å². The van der Waals surface area contributed by atoms with Gasteiger partial charge in [-0.2, -0.15) is 31.1 Å². The van der Waals surface area contributed by atoms with Crippen molar-refractivity contribution in [2.75, 3.05) is 9.84 Å². The smallest absolute Gasteiger partial charge is 0.278 e. The normalized spacial score (nSPS) is 12.8. The number of nitrogens with one attached hydrogen (secondary N) is 1. The van der Waals surface area contributed by atoms with Crippen LogP contribution in [0.5, 0.6) is 0 Å². The fraction of sp³-hybridized carbons (Fsp3) is 0.133. The Morgan fingerprint density at radius 1 is 1.22 bits per heavy atom. The zero-order valence-corrected chi connectivity index (χ0v) is 15.2.